The second kappa shape index (κ2) is 9.34. The van der Waals surface area contributed by atoms with E-state index in [9.17, 15) is 0 Å². The van der Waals surface area contributed by atoms with Crippen molar-refractivity contribution in [1.29, 1.82) is 0 Å². The van der Waals surface area contributed by atoms with Gasteiger partial charge in [0.25, 0.3) is 0 Å². The van der Waals surface area contributed by atoms with Crippen molar-refractivity contribution in [3.8, 4) is 0 Å². The third-order valence-corrected chi connectivity index (χ3v) is 7.03. The molecule has 0 saturated carbocycles. The molecule has 1 aromatic heterocycles. The van der Waals surface area contributed by atoms with E-state index in [4.69, 9.17) is 13.3 Å². The van der Waals surface area contributed by atoms with Crippen LogP contribution in [0.25, 0.3) is 0 Å². The van der Waals surface area contributed by atoms with Gasteiger partial charge in [-0.15, -0.1) is 0 Å². The Hall–Kier alpha value is -0.623. The maximum absolute atomic E-state index is 5.67. The van der Waals surface area contributed by atoms with Crippen LogP contribution >= 0.6 is 0 Å². The molecule has 5 heteroatoms. The summed E-state index contributed by atoms with van der Waals surface area (Å²) in [5.41, 5.74) is 1.33. The monoisotopic (exact) mass is 299 g/mol. The average Bonchev–Trinajstić information content (AvgIpc) is 3.01. The maximum atomic E-state index is 5.67. The fourth-order valence-electron chi connectivity index (χ4n) is 2.71. The van der Waals surface area contributed by atoms with Crippen LogP contribution in [0.3, 0.4) is 0 Å². The molecule has 0 aromatic carbocycles. The Bertz CT molecular complexity index is 331. The molecule has 0 bridgehead atoms. The van der Waals surface area contributed by atoms with E-state index < -0.39 is 8.80 Å². The molecule has 1 aromatic rings. The second-order valence-electron chi connectivity index (χ2n) is 5.10. The molecule has 1 unspecified atom stereocenters. The minimum absolute atomic E-state index is 0.180. The van der Waals surface area contributed by atoms with Crippen LogP contribution in [0.1, 0.15) is 56.7 Å². The number of hydrogen-bond donors (Lipinski definition) is 1. The van der Waals surface area contributed by atoms with Gasteiger partial charge in [-0.25, -0.2) is 0 Å². The van der Waals surface area contributed by atoms with Gasteiger partial charge in [-0.1, -0.05) is 39.0 Å². The Morgan fingerprint density at radius 2 is 1.70 bits per heavy atom. The number of aromatic nitrogens is 1. The molecule has 0 aliphatic carbocycles. The summed E-state index contributed by atoms with van der Waals surface area (Å²) in [5, 5.41) is 0. The zero-order valence-electron chi connectivity index (χ0n) is 13.3. The van der Waals surface area contributed by atoms with Gasteiger partial charge >= 0.3 is 8.80 Å². The summed E-state index contributed by atoms with van der Waals surface area (Å²) in [4.78, 5) is 3.29. The van der Waals surface area contributed by atoms with Crippen molar-refractivity contribution in [1.82, 2.24) is 4.98 Å². The lowest BCUT2D eigenvalue weighted by atomic mass is 10.1. The van der Waals surface area contributed by atoms with E-state index in [0.29, 0.717) is 0 Å². The minimum atomic E-state index is -2.65. The lowest BCUT2D eigenvalue weighted by Gasteiger charge is -2.32. The molecule has 0 aliphatic heterocycles. The highest BCUT2D eigenvalue weighted by molar-refractivity contribution is 6.62. The molecule has 0 amide bonds. The van der Waals surface area contributed by atoms with Crippen molar-refractivity contribution < 1.29 is 13.3 Å². The third kappa shape index (κ3) is 4.45. The average molecular weight is 299 g/mol. The van der Waals surface area contributed by atoms with E-state index in [-0.39, 0.29) is 5.54 Å². The van der Waals surface area contributed by atoms with Crippen molar-refractivity contribution >= 4 is 8.80 Å². The first kappa shape index (κ1) is 17.4. The van der Waals surface area contributed by atoms with E-state index in [1.165, 1.54) is 32.1 Å². The summed E-state index contributed by atoms with van der Waals surface area (Å²) < 4.78 is 17.0. The molecule has 116 valence electrons. The predicted molar refractivity (Wildman–Crippen MR) is 83.7 cm³/mol. The molecule has 1 rings (SSSR count). The van der Waals surface area contributed by atoms with Gasteiger partial charge < -0.3 is 18.3 Å². The summed E-state index contributed by atoms with van der Waals surface area (Å²) >= 11 is 0. The van der Waals surface area contributed by atoms with Gasteiger partial charge in [0, 0.05) is 33.2 Å². The Balaban J connectivity index is 2.71. The molecular weight excluding hydrogens is 270 g/mol. The maximum Gasteiger partial charge on any atom is 0.509 e. The van der Waals surface area contributed by atoms with Crippen molar-refractivity contribution in [2.45, 2.75) is 51.0 Å². The van der Waals surface area contributed by atoms with Crippen molar-refractivity contribution in [2.75, 3.05) is 21.3 Å². The lowest BCUT2D eigenvalue weighted by Crippen LogP contribution is -2.49. The topological polar surface area (TPSA) is 43.5 Å². The molecule has 1 atom stereocenters. The quantitative estimate of drug-likeness (QED) is 0.498. The third-order valence-electron chi connectivity index (χ3n) is 3.87. The number of aromatic amines is 1. The first-order chi connectivity index (χ1) is 9.74. The van der Waals surface area contributed by atoms with E-state index in [1.54, 1.807) is 21.3 Å². The Labute approximate surface area is 124 Å². The SMILES string of the molecule is CCCCCCCC(c1ccc[nH]1)[Si](OC)(OC)OC. The highest BCUT2D eigenvalue weighted by atomic mass is 28.4. The first-order valence-corrected chi connectivity index (χ1v) is 9.33. The number of rotatable bonds is 11. The first-order valence-electron chi connectivity index (χ1n) is 7.52. The number of unbranched alkanes of at least 4 members (excludes halogenated alkanes) is 4. The highest BCUT2D eigenvalue weighted by Gasteiger charge is 2.48. The normalized spacial score (nSPS) is 13.6. The van der Waals surface area contributed by atoms with Crippen molar-refractivity contribution in [3.63, 3.8) is 0 Å². The van der Waals surface area contributed by atoms with Gasteiger partial charge in [0.2, 0.25) is 0 Å². The van der Waals surface area contributed by atoms with Gasteiger partial charge in [0.05, 0.1) is 5.54 Å². The van der Waals surface area contributed by atoms with E-state index in [2.05, 4.69) is 18.0 Å². The van der Waals surface area contributed by atoms with Crippen LogP contribution < -0.4 is 0 Å². The molecular formula is C15H29NO3Si. The van der Waals surface area contributed by atoms with Crippen LogP contribution in [-0.2, 0) is 13.3 Å². The molecule has 20 heavy (non-hydrogen) atoms. The molecule has 0 saturated heterocycles. The van der Waals surface area contributed by atoms with Crippen LogP contribution in [0.4, 0.5) is 0 Å². The van der Waals surface area contributed by atoms with Gasteiger partial charge in [-0.2, -0.15) is 0 Å². The predicted octanol–water partition coefficient (Wildman–Crippen LogP) is 3.88. The molecule has 0 aliphatic rings. The van der Waals surface area contributed by atoms with Crippen LogP contribution in [0.2, 0.25) is 0 Å². The summed E-state index contributed by atoms with van der Waals surface area (Å²) in [5.74, 6) is 0. The minimum Gasteiger partial charge on any atom is -0.376 e. The fourth-order valence-corrected chi connectivity index (χ4v) is 5.18. The summed E-state index contributed by atoms with van der Waals surface area (Å²) in [6, 6.07) is 4.11. The Kier molecular flexibility index (Phi) is 8.14. The molecule has 0 spiro atoms. The number of H-pyrrole nitrogens is 1. The number of nitrogens with one attached hydrogen (secondary N) is 1. The van der Waals surface area contributed by atoms with Crippen LogP contribution in [0, 0.1) is 0 Å². The van der Waals surface area contributed by atoms with Gasteiger partial charge in [0.1, 0.15) is 0 Å². The Morgan fingerprint density at radius 3 is 2.20 bits per heavy atom. The molecule has 4 nitrogen and oxygen atoms in total. The second-order valence-corrected chi connectivity index (χ2v) is 8.23. The van der Waals surface area contributed by atoms with Gasteiger partial charge in [-0.3, -0.25) is 0 Å². The van der Waals surface area contributed by atoms with E-state index >= 15 is 0 Å². The van der Waals surface area contributed by atoms with Crippen molar-refractivity contribution in [2.24, 2.45) is 0 Å². The number of hydrogen-bond acceptors (Lipinski definition) is 3. The molecule has 0 fully saturated rings. The zero-order chi connectivity index (χ0) is 14.8. The van der Waals surface area contributed by atoms with Gasteiger partial charge in [0.15, 0.2) is 0 Å². The lowest BCUT2D eigenvalue weighted by molar-refractivity contribution is 0.110. The van der Waals surface area contributed by atoms with E-state index in [0.717, 1.165) is 12.1 Å². The summed E-state index contributed by atoms with van der Waals surface area (Å²) in [6.07, 6.45) is 9.30. The van der Waals surface area contributed by atoms with E-state index in [1.807, 2.05) is 12.3 Å². The van der Waals surface area contributed by atoms with Crippen LogP contribution in [-0.4, -0.2) is 35.1 Å². The summed E-state index contributed by atoms with van der Waals surface area (Å²) in [6.45, 7) is 2.24. The smallest absolute Gasteiger partial charge is 0.376 e. The highest BCUT2D eigenvalue weighted by Crippen LogP contribution is 2.32. The van der Waals surface area contributed by atoms with Crippen LogP contribution in [0.5, 0.6) is 0 Å². The Morgan fingerprint density at radius 1 is 1.05 bits per heavy atom. The standard InChI is InChI=1S/C15H29NO3Si/c1-5-6-7-8-9-12-15(14-11-10-13-16-14)20(17-2,18-3)19-4/h10-11,13,15-16H,5-9,12H2,1-4H3. The summed E-state index contributed by atoms with van der Waals surface area (Å²) in [7, 11) is 2.41. The van der Waals surface area contributed by atoms with Crippen molar-refractivity contribution in [3.05, 3.63) is 24.0 Å². The zero-order valence-corrected chi connectivity index (χ0v) is 14.3. The molecule has 1 heterocycles. The largest absolute Gasteiger partial charge is 0.509 e. The molecule has 1 N–H and O–H groups in total. The fraction of sp³-hybridized carbons (Fsp3) is 0.733. The van der Waals surface area contributed by atoms with Gasteiger partial charge in [-0.05, 0) is 18.6 Å². The van der Waals surface area contributed by atoms with Crippen LogP contribution in [0.15, 0.2) is 18.3 Å². The molecule has 0 radical (unpaired) electrons.